The number of benzene rings is 2. The minimum atomic E-state index is -0.304. The van der Waals surface area contributed by atoms with Gasteiger partial charge in [-0.1, -0.05) is 12.1 Å². The molecule has 0 unspecified atom stereocenters. The second-order valence-corrected chi connectivity index (χ2v) is 6.42. The Hall–Kier alpha value is -2.88. The Balaban J connectivity index is 1.87. The van der Waals surface area contributed by atoms with Crippen molar-refractivity contribution in [3.05, 3.63) is 65.4 Å². The SMILES string of the molecule is Cc1ccc2c(Nc3ccc(C(=O)OC(C)C)cc3)ccnc2c1C. The van der Waals surface area contributed by atoms with Crippen molar-refractivity contribution in [1.82, 2.24) is 4.98 Å². The molecule has 1 aromatic heterocycles. The van der Waals surface area contributed by atoms with Gasteiger partial charge in [0.15, 0.2) is 0 Å². The standard InChI is InChI=1S/C21H22N2O2/c1-13(2)25-21(24)16-6-8-17(9-7-16)23-19-11-12-22-20-15(4)14(3)5-10-18(19)20/h5-13H,1-4H3,(H,22,23). The van der Waals surface area contributed by atoms with E-state index in [0.29, 0.717) is 5.56 Å². The van der Waals surface area contributed by atoms with Gasteiger partial charge in [-0.25, -0.2) is 4.79 Å². The summed E-state index contributed by atoms with van der Waals surface area (Å²) in [6.45, 7) is 7.85. The van der Waals surface area contributed by atoms with Gasteiger partial charge in [-0.2, -0.15) is 0 Å². The average molecular weight is 334 g/mol. The molecule has 3 aromatic rings. The zero-order chi connectivity index (χ0) is 18.0. The van der Waals surface area contributed by atoms with Gasteiger partial charge in [0.1, 0.15) is 0 Å². The molecule has 128 valence electrons. The number of ether oxygens (including phenoxy) is 1. The molecule has 0 aliphatic rings. The molecule has 4 heteroatoms. The van der Waals surface area contributed by atoms with E-state index < -0.39 is 0 Å². The van der Waals surface area contributed by atoms with Crippen LogP contribution in [0.1, 0.15) is 35.3 Å². The highest BCUT2D eigenvalue weighted by atomic mass is 16.5. The third kappa shape index (κ3) is 3.63. The highest BCUT2D eigenvalue weighted by Gasteiger charge is 2.10. The number of carbonyl (C=O) groups is 1. The molecule has 4 nitrogen and oxygen atoms in total. The predicted molar refractivity (Wildman–Crippen MR) is 101 cm³/mol. The van der Waals surface area contributed by atoms with E-state index in [4.69, 9.17) is 4.74 Å². The van der Waals surface area contributed by atoms with Crippen LogP contribution in [0.3, 0.4) is 0 Å². The van der Waals surface area contributed by atoms with Crippen LogP contribution in [-0.4, -0.2) is 17.1 Å². The topological polar surface area (TPSA) is 51.2 Å². The molecular formula is C21H22N2O2. The van der Waals surface area contributed by atoms with Crippen molar-refractivity contribution < 1.29 is 9.53 Å². The fourth-order valence-corrected chi connectivity index (χ4v) is 2.70. The molecule has 25 heavy (non-hydrogen) atoms. The molecule has 0 aliphatic carbocycles. The number of nitrogens with one attached hydrogen (secondary N) is 1. The van der Waals surface area contributed by atoms with E-state index >= 15 is 0 Å². The maximum absolute atomic E-state index is 11.9. The number of pyridine rings is 1. The summed E-state index contributed by atoms with van der Waals surface area (Å²) in [5, 5.41) is 4.49. The molecule has 1 heterocycles. The van der Waals surface area contributed by atoms with E-state index in [1.54, 1.807) is 12.1 Å². The number of esters is 1. The van der Waals surface area contributed by atoms with E-state index in [-0.39, 0.29) is 12.1 Å². The van der Waals surface area contributed by atoms with Gasteiger partial charge in [0.2, 0.25) is 0 Å². The van der Waals surface area contributed by atoms with Gasteiger partial charge < -0.3 is 10.1 Å². The molecule has 3 rings (SSSR count). The number of aryl methyl sites for hydroxylation is 2. The molecule has 2 aromatic carbocycles. The lowest BCUT2D eigenvalue weighted by Gasteiger charge is -2.12. The van der Waals surface area contributed by atoms with E-state index in [1.165, 1.54) is 11.1 Å². The van der Waals surface area contributed by atoms with Crippen LogP contribution in [0.4, 0.5) is 11.4 Å². The van der Waals surface area contributed by atoms with Crippen LogP contribution >= 0.6 is 0 Å². The first-order valence-electron chi connectivity index (χ1n) is 8.38. The van der Waals surface area contributed by atoms with Crippen LogP contribution in [0.15, 0.2) is 48.7 Å². The normalized spacial score (nSPS) is 10.9. The number of nitrogens with zero attached hydrogens (tertiary/aromatic N) is 1. The third-order valence-corrected chi connectivity index (χ3v) is 4.18. The Morgan fingerprint density at radius 3 is 2.44 bits per heavy atom. The summed E-state index contributed by atoms with van der Waals surface area (Å²) in [5.41, 5.74) is 5.86. The van der Waals surface area contributed by atoms with Crippen LogP contribution in [0.2, 0.25) is 0 Å². The number of anilines is 2. The summed E-state index contributed by atoms with van der Waals surface area (Å²) < 4.78 is 5.21. The van der Waals surface area contributed by atoms with Gasteiger partial charge >= 0.3 is 5.97 Å². The summed E-state index contributed by atoms with van der Waals surface area (Å²) in [7, 11) is 0. The van der Waals surface area contributed by atoms with Gasteiger partial charge in [0, 0.05) is 23.0 Å². The van der Waals surface area contributed by atoms with Crippen molar-refractivity contribution in [2.75, 3.05) is 5.32 Å². The monoisotopic (exact) mass is 334 g/mol. The first kappa shape index (κ1) is 17.0. The summed E-state index contributed by atoms with van der Waals surface area (Å²) >= 11 is 0. The van der Waals surface area contributed by atoms with Crippen molar-refractivity contribution in [2.24, 2.45) is 0 Å². The maximum atomic E-state index is 11.9. The van der Waals surface area contributed by atoms with Crippen LogP contribution < -0.4 is 5.32 Å². The Morgan fingerprint density at radius 1 is 1.04 bits per heavy atom. The third-order valence-electron chi connectivity index (χ3n) is 4.18. The molecule has 0 atom stereocenters. The van der Waals surface area contributed by atoms with Crippen molar-refractivity contribution in [3.63, 3.8) is 0 Å². The lowest BCUT2D eigenvalue weighted by atomic mass is 10.0. The fourth-order valence-electron chi connectivity index (χ4n) is 2.70. The second-order valence-electron chi connectivity index (χ2n) is 6.42. The Labute approximate surface area is 147 Å². The van der Waals surface area contributed by atoms with Crippen LogP contribution in [0.5, 0.6) is 0 Å². The molecule has 0 aliphatic heterocycles. The van der Waals surface area contributed by atoms with Crippen molar-refractivity contribution in [2.45, 2.75) is 33.8 Å². The number of fused-ring (bicyclic) bond motifs is 1. The second kappa shape index (κ2) is 6.93. The Kier molecular flexibility index (Phi) is 4.70. The van der Waals surface area contributed by atoms with E-state index in [9.17, 15) is 4.79 Å². The summed E-state index contributed by atoms with van der Waals surface area (Å²) in [5.74, 6) is -0.304. The fraction of sp³-hybridized carbons (Fsp3) is 0.238. The number of hydrogen-bond donors (Lipinski definition) is 1. The molecule has 0 saturated heterocycles. The highest BCUT2D eigenvalue weighted by Crippen LogP contribution is 2.28. The first-order chi connectivity index (χ1) is 12.0. The van der Waals surface area contributed by atoms with Crippen LogP contribution in [-0.2, 0) is 4.74 Å². The van der Waals surface area contributed by atoms with Crippen molar-refractivity contribution >= 4 is 28.2 Å². The van der Waals surface area contributed by atoms with E-state index in [0.717, 1.165) is 22.3 Å². The van der Waals surface area contributed by atoms with Gasteiger partial charge in [-0.05, 0) is 69.2 Å². The highest BCUT2D eigenvalue weighted by molar-refractivity contribution is 5.95. The molecule has 0 bridgehead atoms. The summed E-state index contributed by atoms with van der Waals surface area (Å²) in [6, 6.07) is 13.4. The van der Waals surface area contributed by atoms with Gasteiger partial charge in [0.25, 0.3) is 0 Å². The predicted octanol–water partition coefficient (Wildman–Crippen LogP) is 5.16. The maximum Gasteiger partial charge on any atom is 0.338 e. The number of aromatic nitrogens is 1. The smallest absolute Gasteiger partial charge is 0.338 e. The average Bonchev–Trinajstić information content (AvgIpc) is 2.58. The molecule has 0 fully saturated rings. The van der Waals surface area contributed by atoms with Crippen LogP contribution in [0.25, 0.3) is 10.9 Å². The molecule has 0 amide bonds. The molecular weight excluding hydrogens is 312 g/mol. The quantitative estimate of drug-likeness (QED) is 0.670. The number of rotatable bonds is 4. The summed E-state index contributed by atoms with van der Waals surface area (Å²) in [6.07, 6.45) is 1.69. The van der Waals surface area contributed by atoms with Crippen molar-refractivity contribution in [3.8, 4) is 0 Å². The number of hydrogen-bond acceptors (Lipinski definition) is 4. The van der Waals surface area contributed by atoms with Gasteiger partial charge in [-0.15, -0.1) is 0 Å². The molecule has 0 spiro atoms. The number of carbonyl (C=O) groups excluding carboxylic acids is 1. The zero-order valence-corrected chi connectivity index (χ0v) is 15.0. The van der Waals surface area contributed by atoms with Gasteiger partial charge in [-0.3, -0.25) is 4.98 Å². The molecule has 1 N–H and O–H groups in total. The zero-order valence-electron chi connectivity index (χ0n) is 15.0. The first-order valence-corrected chi connectivity index (χ1v) is 8.38. The van der Waals surface area contributed by atoms with Crippen LogP contribution in [0, 0.1) is 13.8 Å². The van der Waals surface area contributed by atoms with E-state index in [1.807, 2.05) is 38.2 Å². The molecule has 0 radical (unpaired) electrons. The molecule has 0 saturated carbocycles. The van der Waals surface area contributed by atoms with Gasteiger partial charge in [0.05, 0.1) is 17.2 Å². The Bertz CT molecular complexity index is 915. The summed E-state index contributed by atoms with van der Waals surface area (Å²) in [4.78, 5) is 16.4. The van der Waals surface area contributed by atoms with Crippen molar-refractivity contribution in [1.29, 1.82) is 0 Å². The Morgan fingerprint density at radius 2 is 1.76 bits per heavy atom. The largest absolute Gasteiger partial charge is 0.459 e. The lowest BCUT2D eigenvalue weighted by Crippen LogP contribution is -2.11. The minimum absolute atomic E-state index is 0.125. The van der Waals surface area contributed by atoms with E-state index in [2.05, 4.69) is 36.3 Å². The lowest BCUT2D eigenvalue weighted by molar-refractivity contribution is 0.0378. The minimum Gasteiger partial charge on any atom is -0.459 e.